The van der Waals surface area contributed by atoms with Gasteiger partial charge in [-0.2, -0.15) is 0 Å². The first kappa shape index (κ1) is 14.7. The van der Waals surface area contributed by atoms with Crippen LogP contribution < -0.4 is 5.32 Å². The van der Waals surface area contributed by atoms with E-state index in [1.807, 2.05) is 0 Å². The number of halogens is 2. The molecule has 0 aliphatic heterocycles. The summed E-state index contributed by atoms with van der Waals surface area (Å²) in [5.41, 5.74) is 0.538. The van der Waals surface area contributed by atoms with Crippen molar-refractivity contribution >= 4 is 33.0 Å². The minimum Gasteiger partial charge on any atom is -0.395 e. The van der Waals surface area contributed by atoms with Crippen molar-refractivity contribution in [2.45, 2.75) is 11.8 Å². The second kappa shape index (κ2) is 6.02. The fourth-order valence-electron chi connectivity index (χ4n) is 1.24. The van der Waals surface area contributed by atoms with Crippen molar-refractivity contribution in [1.29, 1.82) is 0 Å². The van der Waals surface area contributed by atoms with Crippen LogP contribution in [0.4, 0.5) is 0 Å². The summed E-state index contributed by atoms with van der Waals surface area (Å²) < 4.78 is 23.8. The normalized spacial score (nSPS) is 11.8. The van der Waals surface area contributed by atoms with Crippen molar-refractivity contribution in [3.05, 3.63) is 27.7 Å². The Bertz CT molecular complexity index is 503. The van der Waals surface area contributed by atoms with Gasteiger partial charge in [0.05, 0.1) is 16.5 Å². The van der Waals surface area contributed by atoms with Crippen LogP contribution in [0.5, 0.6) is 0 Å². The zero-order valence-corrected chi connectivity index (χ0v) is 11.5. The van der Waals surface area contributed by atoms with Gasteiger partial charge in [-0.15, -0.1) is 0 Å². The van der Waals surface area contributed by atoms with Gasteiger partial charge in [0.1, 0.15) is 5.88 Å². The topological polar surface area (TPSA) is 66.4 Å². The van der Waals surface area contributed by atoms with Gasteiger partial charge in [-0.1, -0.05) is 23.2 Å². The van der Waals surface area contributed by atoms with Crippen LogP contribution in [-0.4, -0.2) is 32.6 Å². The van der Waals surface area contributed by atoms with E-state index in [-0.39, 0.29) is 28.9 Å². The molecule has 0 bridgehead atoms. The van der Waals surface area contributed by atoms with Crippen LogP contribution in [0, 0.1) is 6.92 Å². The number of rotatable bonds is 5. The molecule has 0 aromatic heterocycles. The van der Waals surface area contributed by atoms with Gasteiger partial charge in [0, 0.05) is 11.6 Å². The molecule has 0 heterocycles. The molecule has 0 saturated heterocycles. The lowest BCUT2D eigenvalue weighted by Gasteiger charge is -2.10. The molecule has 1 rings (SSSR count). The van der Waals surface area contributed by atoms with Gasteiger partial charge in [-0.05, 0) is 24.6 Å². The lowest BCUT2D eigenvalue weighted by atomic mass is 10.2. The minimum atomic E-state index is -3.52. The molecule has 0 aliphatic carbocycles. The van der Waals surface area contributed by atoms with Gasteiger partial charge in [0.2, 0.25) is 0 Å². The first-order valence-electron chi connectivity index (χ1n) is 4.89. The van der Waals surface area contributed by atoms with Crippen LogP contribution in [0.25, 0.3) is 0 Å². The van der Waals surface area contributed by atoms with E-state index >= 15 is 0 Å². The maximum absolute atomic E-state index is 11.9. The molecule has 0 fully saturated rings. The van der Waals surface area contributed by atoms with E-state index in [0.29, 0.717) is 10.6 Å². The van der Waals surface area contributed by atoms with Gasteiger partial charge in [-0.3, -0.25) is 0 Å². The second-order valence-electron chi connectivity index (χ2n) is 3.47. The molecule has 2 N–H and O–H groups in total. The summed E-state index contributed by atoms with van der Waals surface area (Å²) in [5, 5.41) is 11.7. The summed E-state index contributed by atoms with van der Waals surface area (Å²) in [4.78, 5) is 0.0477. The van der Waals surface area contributed by atoms with Crippen LogP contribution >= 0.6 is 23.2 Å². The maximum Gasteiger partial charge on any atom is 0.192 e. The van der Waals surface area contributed by atoms with Crippen molar-refractivity contribution in [2.75, 3.05) is 19.0 Å². The largest absolute Gasteiger partial charge is 0.395 e. The van der Waals surface area contributed by atoms with Crippen LogP contribution in [0.2, 0.25) is 10.0 Å². The van der Waals surface area contributed by atoms with E-state index in [9.17, 15) is 8.42 Å². The second-order valence-corrected chi connectivity index (χ2v) is 6.21. The first-order chi connectivity index (χ1) is 7.90. The van der Waals surface area contributed by atoms with Crippen molar-refractivity contribution in [3.8, 4) is 0 Å². The molecule has 0 saturated carbocycles. The number of hydrogen-bond donors (Lipinski definition) is 2. The van der Waals surface area contributed by atoms with Crippen molar-refractivity contribution in [3.63, 3.8) is 0 Å². The molecule has 0 unspecified atom stereocenters. The molecule has 4 nitrogen and oxygen atoms in total. The Morgan fingerprint density at radius 3 is 2.59 bits per heavy atom. The molecular weight excluding hydrogens is 285 g/mol. The summed E-state index contributed by atoms with van der Waals surface area (Å²) in [7, 11) is -3.52. The smallest absolute Gasteiger partial charge is 0.192 e. The highest BCUT2D eigenvalue weighted by atomic mass is 35.5. The van der Waals surface area contributed by atoms with Crippen LogP contribution in [0.15, 0.2) is 17.0 Å². The Kier molecular flexibility index (Phi) is 5.22. The Hall–Kier alpha value is -0.330. The highest BCUT2D eigenvalue weighted by Crippen LogP contribution is 2.30. The number of aliphatic hydroxyl groups is 1. The lowest BCUT2D eigenvalue weighted by molar-refractivity contribution is 0.295. The highest BCUT2D eigenvalue weighted by Gasteiger charge is 2.19. The molecular formula is C10H13Cl2NO3S. The zero-order chi connectivity index (χ0) is 13.1. The Morgan fingerprint density at radius 2 is 2.00 bits per heavy atom. The van der Waals surface area contributed by atoms with E-state index in [2.05, 4.69) is 5.32 Å². The molecule has 7 heteroatoms. The number of sulfone groups is 1. The predicted molar refractivity (Wildman–Crippen MR) is 68.3 cm³/mol. The maximum atomic E-state index is 11.9. The van der Waals surface area contributed by atoms with Crippen LogP contribution in [-0.2, 0) is 9.84 Å². The third-order valence-corrected chi connectivity index (χ3v) is 4.80. The van der Waals surface area contributed by atoms with Gasteiger partial charge in [-0.25, -0.2) is 8.42 Å². The number of nitrogens with one attached hydrogen (secondary N) is 1. The Balaban J connectivity index is 3.04. The van der Waals surface area contributed by atoms with Crippen molar-refractivity contribution < 1.29 is 13.5 Å². The summed E-state index contributed by atoms with van der Waals surface area (Å²) in [5.74, 6) is -0.269. The predicted octanol–water partition coefficient (Wildman–Crippen LogP) is 1.61. The summed E-state index contributed by atoms with van der Waals surface area (Å²) in [6.45, 7) is 1.75. The Morgan fingerprint density at radius 1 is 1.35 bits per heavy atom. The molecule has 0 radical (unpaired) electrons. The van der Waals surface area contributed by atoms with Gasteiger partial charge < -0.3 is 10.4 Å². The number of hydrogen-bond acceptors (Lipinski definition) is 4. The summed E-state index contributed by atoms with van der Waals surface area (Å²) in [6.07, 6.45) is 0. The Labute approximate surface area is 110 Å². The quantitative estimate of drug-likeness (QED) is 0.811. The average Bonchev–Trinajstić information content (AvgIpc) is 2.26. The van der Waals surface area contributed by atoms with Crippen molar-refractivity contribution in [2.24, 2.45) is 0 Å². The number of benzene rings is 1. The minimum absolute atomic E-state index is 0.0477. The van der Waals surface area contributed by atoms with E-state index in [4.69, 9.17) is 28.3 Å². The van der Waals surface area contributed by atoms with E-state index in [0.717, 1.165) is 0 Å². The molecule has 17 heavy (non-hydrogen) atoms. The fourth-order valence-corrected chi connectivity index (χ4v) is 3.23. The van der Waals surface area contributed by atoms with Gasteiger partial charge >= 0.3 is 0 Å². The lowest BCUT2D eigenvalue weighted by Crippen LogP contribution is -2.26. The molecule has 0 amide bonds. The van der Waals surface area contributed by atoms with Crippen molar-refractivity contribution in [1.82, 2.24) is 5.32 Å². The molecule has 1 aromatic carbocycles. The highest BCUT2D eigenvalue weighted by molar-refractivity contribution is 7.91. The standard InChI is InChI=1S/C10H13Cl2NO3S/c1-7-8(11)2-3-9(10(7)12)17(15,16)6-13-4-5-14/h2-3,13-14H,4-6H2,1H3. The van der Waals surface area contributed by atoms with E-state index < -0.39 is 9.84 Å². The van der Waals surface area contributed by atoms with Gasteiger partial charge in [0.15, 0.2) is 9.84 Å². The van der Waals surface area contributed by atoms with E-state index in [1.165, 1.54) is 12.1 Å². The van der Waals surface area contributed by atoms with Crippen LogP contribution in [0.1, 0.15) is 5.56 Å². The average molecular weight is 298 g/mol. The summed E-state index contributed by atoms with van der Waals surface area (Å²) >= 11 is 11.8. The monoisotopic (exact) mass is 297 g/mol. The zero-order valence-electron chi connectivity index (χ0n) is 9.20. The van der Waals surface area contributed by atoms with E-state index in [1.54, 1.807) is 6.92 Å². The molecule has 96 valence electrons. The van der Waals surface area contributed by atoms with Gasteiger partial charge in [0.25, 0.3) is 0 Å². The molecule has 1 aromatic rings. The number of aliphatic hydroxyl groups excluding tert-OH is 1. The van der Waals surface area contributed by atoms with Crippen LogP contribution in [0.3, 0.4) is 0 Å². The first-order valence-corrected chi connectivity index (χ1v) is 7.30. The summed E-state index contributed by atoms with van der Waals surface area (Å²) in [6, 6.07) is 2.88. The third kappa shape index (κ3) is 3.56. The molecule has 0 atom stereocenters. The fraction of sp³-hybridized carbons (Fsp3) is 0.400. The molecule has 0 spiro atoms. The SMILES string of the molecule is Cc1c(Cl)ccc(S(=O)(=O)CNCCO)c1Cl. The third-order valence-electron chi connectivity index (χ3n) is 2.20. The molecule has 0 aliphatic rings.